The average molecular weight is 520 g/mol. The third-order valence-corrected chi connectivity index (χ3v) is 7.54. The van der Waals surface area contributed by atoms with E-state index in [1.165, 1.54) is 32.7 Å². The lowest BCUT2D eigenvalue weighted by Gasteiger charge is -2.28. The number of morpholine rings is 1. The summed E-state index contributed by atoms with van der Waals surface area (Å²) in [7, 11) is 4.60. The van der Waals surface area contributed by atoms with Crippen LogP contribution < -0.4 is 19.1 Å². The Morgan fingerprint density at radius 2 is 1.83 bits per heavy atom. The first-order valence-electron chi connectivity index (χ1n) is 11.4. The van der Waals surface area contributed by atoms with Crippen LogP contribution in [-0.2, 0) is 4.74 Å². The lowest BCUT2D eigenvalue weighted by molar-refractivity contribution is 0.0376. The monoisotopic (exact) mass is 519 g/mol. The van der Waals surface area contributed by atoms with Crippen LogP contribution in [0.15, 0.2) is 24.3 Å². The second-order valence-electron chi connectivity index (χ2n) is 8.19. The summed E-state index contributed by atoms with van der Waals surface area (Å²) in [6, 6.07) is 7.16. The van der Waals surface area contributed by atoms with E-state index in [9.17, 15) is 4.79 Å². The Bertz CT molecular complexity index is 1170. The molecule has 0 saturated carbocycles. The Morgan fingerprint density at radius 1 is 1.14 bits per heavy atom. The first-order chi connectivity index (χ1) is 17.0. The fourth-order valence-corrected chi connectivity index (χ4v) is 5.33. The van der Waals surface area contributed by atoms with Crippen LogP contribution in [0.2, 0.25) is 5.02 Å². The molecule has 0 radical (unpaired) electrons. The molecule has 1 aromatic heterocycles. The molecule has 1 aliphatic rings. The van der Waals surface area contributed by atoms with E-state index in [2.05, 4.69) is 4.90 Å². The van der Waals surface area contributed by atoms with E-state index in [0.717, 1.165) is 55.0 Å². The van der Waals surface area contributed by atoms with Gasteiger partial charge in [-0.05, 0) is 43.2 Å². The molecule has 1 saturated heterocycles. The summed E-state index contributed by atoms with van der Waals surface area (Å²) in [5, 5.41) is 1.29. The van der Waals surface area contributed by atoms with Crippen LogP contribution in [0.3, 0.4) is 0 Å². The average Bonchev–Trinajstić information content (AvgIpc) is 3.32. The van der Waals surface area contributed by atoms with Crippen molar-refractivity contribution in [2.24, 2.45) is 0 Å². The van der Waals surface area contributed by atoms with Gasteiger partial charge in [-0.2, -0.15) is 0 Å². The smallest absolute Gasteiger partial charge is 0.260 e. The number of rotatable bonds is 9. The number of methoxy groups -OCH3 is 3. The molecule has 2 heterocycles. The number of aromatic nitrogens is 1. The standard InChI is InChI=1S/C25H30ClN3O5S/c1-16-18(26)6-7-21-22(16)27-25(35-21)29(9-5-8-28-10-12-34-13-11-28)24(30)17-14-19(31-2)23(33-4)20(15-17)32-3/h6-7,14-15H,5,8-13H2,1-4H3. The number of carbonyl (C=O) groups excluding carboxylic acids is 1. The molecule has 1 amide bonds. The van der Waals surface area contributed by atoms with Gasteiger partial charge in [-0.25, -0.2) is 4.98 Å². The molecule has 1 aliphatic heterocycles. The molecule has 0 atom stereocenters. The number of anilines is 1. The number of nitrogens with zero attached hydrogens (tertiary/aromatic N) is 3. The van der Waals surface area contributed by atoms with Gasteiger partial charge in [-0.1, -0.05) is 22.9 Å². The predicted octanol–water partition coefficient (Wildman–Crippen LogP) is 4.65. The highest BCUT2D eigenvalue weighted by Crippen LogP contribution is 2.39. The summed E-state index contributed by atoms with van der Waals surface area (Å²) in [6.45, 7) is 6.62. The molecule has 0 bridgehead atoms. The van der Waals surface area contributed by atoms with Crippen LogP contribution in [0, 0.1) is 6.92 Å². The van der Waals surface area contributed by atoms with Crippen molar-refractivity contribution in [3.05, 3.63) is 40.4 Å². The molecule has 4 rings (SSSR count). The van der Waals surface area contributed by atoms with Crippen molar-refractivity contribution in [1.82, 2.24) is 9.88 Å². The van der Waals surface area contributed by atoms with Gasteiger partial charge in [0.25, 0.3) is 5.91 Å². The molecular weight excluding hydrogens is 490 g/mol. The van der Waals surface area contributed by atoms with E-state index in [1.807, 2.05) is 19.1 Å². The fourth-order valence-electron chi connectivity index (χ4n) is 4.13. The maximum absolute atomic E-state index is 13.9. The van der Waals surface area contributed by atoms with Gasteiger partial charge in [-0.3, -0.25) is 14.6 Å². The zero-order valence-corrected chi connectivity index (χ0v) is 22.0. The Morgan fingerprint density at radius 3 is 2.46 bits per heavy atom. The van der Waals surface area contributed by atoms with Crippen molar-refractivity contribution in [2.45, 2.75) is 13.3 Å². The maximum Gasteiger partial charge on any atom is 0.260 e. The molecule has 0 unspecified atom stereocenters. The number of halogens is 1. The molecular formula is C25H30ClN3O5S. The largest absolute Gasteiger partial charge is 0.493 e. The van der Waals surface area contributed by atoms with E-state index in [4.69, 9.17) is 35.5 Å². The fraction of sp³-hybridized carbons (Fsp3) is 0.440. The van der Waals surface area contributed by atoms with Gasteiger partial charge < -0.3 is 18.9 Å². The molecule has 3 aromatic rings. The van der Waals surface area contributed by atoms with Gasteiger partial charge in [0.1, 0.15) is 0 Å². The zero-order chi connectivity index (χ0) is 24.9. The summed E-state index contributed by atoms with van der Waals surface area (Å²) >= 11 is 7.81. The predicted molar refractivity (Wildman–Crippen MR) is 139 cm³/mol. The third-order valence-electron chi connectivity index (χ3n) is 6.08. The van der Waals surface area contributed by atoms with Crippen molar-refractivity contribution in [3.8, 4) is 17.2 Å². The second-order valence-corrected chi connectivity index (χ2v) is 9.61. The summed E-state index contributed by atoms with van der Waals surface area (Å²) in [4.78, 5) is 22.8. The van der Waals surface area contributed by atoms with Gasteiger partial charge in [0, 0.05) is 36.8 Å². The van der Waals surface area contributed by atoms with E-state index in [0.29, 0.717) is 39.5 Å². The summed E-state index contributed by atoms with van der Waals surface area (Å²) in [6.07, 6.45) is 0.797. The van der Waals surface area contributed by atoms with Crippen LogP contribution in [0.1, 0.15) is 22.3 Å². The number of benzene rings is 2. The van der Waals surface area contributed by atoms with Gasteiger partial charge >= 0.3 is 0 Å². The quantitative estimate of drug-likeness (QED) is 0.407. The van der Waals surface area contributed by atoms with Crippen molar-refractivity contribution < 1.29 is 23.7 Å². The number of thiazole rings is 1. The zero-order valence-electron chi connectivity index (χ0n) is 20.4. The second kappa shape index (κ2) is 11.4. The van der Waals surface area contributed by atoms with Crippen LogP contribution in [-0.4, -0.2) is 76.5 Å². The topological polar surface area (TPSA) is 73.4 Å². The molecule has 188 valence electrons. The SMILES string of the molecule is COc1cc(C(=O)N(CCCN2CCOCC2)c2nc3c(C)c(Cl)ccc3s2)cc(OC)c1OC. The molecule has 1 fully saturated rings. The highest BCUT2D eigenvalue weighted by molar-refractivity contribution is 7.22. The maximum atomic E-state index is 13.9. The Balaban J connectivity index is 1.68. The molecule has 10 heteroatoms. The van der Waals surface area contributed by atoms with Crippen molar-refractivity contribution in [2.75, 3.05) is 65.6 Å². The van der Waals surface area contributed by atoms with E-state index in [1.54, 1.807) is 17.0 Å². The van der Waals surface area contributed by atoms with Gasteiger partial charge in [-0.15, -0.1) is 0 Å². The van der Waals surface area contributed by atoms with E-state index < -0.39 is 0 Å². The number of fused-ring (bicyclic) bond motifs is 1. The van der Waals surface area contributed by atoms with Gasteiger partial charge in [0.05, 0.1) is 44.8 Å². The van der Waals surface area contributed by atoms with E-state index >= 15 is 0 Å². The molecule has 0 spiro atoms. The lowest BCUT2D eigenvalue weighted by Crippen LogP contribution is -2.39. The summed E-state index contributed by atoms with van der Waals surface area (Å²) in [5.74, 6) is 1.11. The Kier molecular flexibility index (Phi) is 8.33. The van der Waals surface area contributed by atoms with Crippen LogP contribution in [0.4, 0.5) is 5.13 Å². The molecule has 8 nitrogen and oxygen atoms in total. The number of aryl methyl sites for hydroxylation is 1. The minimum Gasteiger partial charge on any atom is -0.493 e. The minimum atomic E-state index is -0.186. The lowest BCUT2D eigenvalue weighted by atomic mass is 10.1. The number of hydrogen-bond donors (Lipinski definition) is 0. The normalized spacial score (nSPS) is 14.2. The van der Waals surface area contributed by atoms with Crippen LogP contribution in [0.5, 0.6) is 17.2 Å². The van der Waals surface area contributed by atoms with Crippen LogP contribution in [0.25, 0.3) is 10.2 Å². The first kappa shape index (κ1) is 25.5. The highest BCUT2D eigenvalue weighted by atomic mass is 35.5. The molecule has 35 heavy (non-hydrogen) atoms. The summed E-state index contributed by atoms with van der Waals surface area (Å²) < 4.78 is 22.8. The van der Waals surface area contributed by atoms with Gasteiger partial charge in [0.15, 0.2) is 16.6 Å². The molecule has 0 N–H and O–H groups in total. The van der Waals surface area contributed by atoms with Crippen molar-refractivity contribution in [1.29, 1.82) is 0 Å². The Hall–Kier alpha value is -2.59. The Labute approximate surface area is 214 Å². The third kappa shape index (κ3) is 5.48. The number of ether oxygens (including phenoxy) is 4. The van der Waals surface area contributed by atoms with E-state index in [-0.39, 0.29) is 5.91 Å². The van der Waals surface area contributed by atoms with Crippen molar-refractivity contribution in [3.63, 3.8) is 0 Å². The summed E-state index contributed by atoms with van der Waals surface area (Å²) in [5.41, 5.74) is 2.15. The van der Waals surface area contributed by atoms with Gasteiger partial charge in [0.2, 0.25) is 5.75 Å². The minimum absolute atomic E-state index is 0.186. The molecule has 0 aliphatic carbocycles. The molecule has 2 aromatic carbocycles. The number of hydrogen-bond acceptors (Lipinski definition) is 8. The highest BCUT2D eigenvalue weighted by Gasteiger charge is 2.25. The number of amides is 1. The number of carbonyl (C=O) groups is 1. The van der Waals surface area contributed by atoms with Crippen molar-refractivity contribution >= 4 is 44.2 Å². The van der Waals surface area contributed by atoms with Crippen LogP contribution >= 0.6 is 22.9 Å². The first-order valence-corrected chi connectivity index (χ1v) is 12.6.